The summed E-state index contributed by atoms with van der Waals surface area (Å²) in [5.41, 5.74) is 6.84. The predicted molar refractivity (Wildman–Crippen MR) is 146 cm³/mol. The van der Waals surface area contributed by atoms with Crippen LogP contribution >= 0.6 is 0 Å². The van der Waals surface area contributed by atoms with E-state index >= 15 is 0 Å². The first-order valence-electron chi connectivity index (χ1n) is 12.3. The van der Waals surface area contributed by atoms with Gasteiger partial charge in [0.15, 0.2) is 0 Å². The monoisotopic (exact) mass is 485 g/mol. The molecule has 36 heavy (non-hydrogen) atoms. The molecule has 0 fully saturated rings. The maximum absolute atomic E-state index is 13.0. The zero-order chi connectivity index (χ0) is 25.8. The fourth-order valence-electron chi connectivity index (χ4n) is 3.72. The van der Waals surface area contributed by atoms with Crippen molar-refractivity contribution in [3.8, 4) is 0 Å². The summed E-state index contributed by atoms with van der Waals surface area (Å²) in [6.45, 7) is 2.62. The van der Waals surface area contributed by atoms with Gasteiger partial charge in [-0.05, 0) is 59.5 Å². The maximum Gasteiger partial charge on any atom is 0.267 e. The molecule has 0 bridgehead atoms. The molecule has 0 aromatic heterocycles. The first-order valence-corrected chi connectivity index (χ1v) is 12.3. The average Bonchev–Trinajstić information content (AvgIpc) is 2.91. The van der Waals surface area contributed by atoms with Crippen LogP contribution in [0.3, 0.4) is 0 Å². The largest absolute Gasteiger partial charge is 0.378 e. The summed E-state index contributed by atoms with van der Waals surface area (Å²) in [4.78, 5) is 32.4. The molecule has 0 spiro atoms. The standard InChI is InChI=1S/C30H35N3O3/c1-4-5-9-21-36-32-28(34)20-15-23-11-10-14-26(22-23)29(24-16-18-27(19-17-24)33(2)3)31-30(35)25-12-7-6-8-13-25/h6-8,10-20,22,29H,4-5,9,21H2,1-3H3,(H,31,35)(H,32,34)/b20-15+. The SMILES string of the molecule is CCCCCONC(=O)/C=C/c1cccc(C(NC(=O)c2ccccc2)c2ccc(N(C)C)cc2)c1. The lowest BCUT2D eigenvalue weighted by Gasteiger charge is -2.22. The maximum atomic E-state index is 13.0. The smallest absolute Gasteiger partial charge is 0.267 e. The molecule has 3 rings (SSSR count). The van der Waals surface area contributed by atoms with Crippen LogP contribution in [0, 0.1) is 0 Å². The lowest BCUT2D eigenvalue weighted by atomic mass is 9.96. The van der Waals surface area contributed by atoms with Crippen molar-refractivity contribution in [1.82, 2.24) is 10.8 Å². The highest BCUT2D eigenvalue weighted by atomic mass is 16.6. The van der Waals surface area contributed by atoms with Crippen LogP contribution in [0.2, 0.25) is 0 Å². The quantitative estimate of drug-likeness (QED) is 0.201. The van der Waals surface area contributed by atoms with E-state index < -0.39 is 0 Å². The van der Waals surface area contributed by atoms with Gasteiger partial charge in [0.1, 0.15) is 0 Å². The lowest BCUT2D eigenvalue weighted by Crippen LogP contribution is -2.29. The van der Waals surface area contributed by atoms with Gasteiger partial charge < -0.3 is 10.2 Å². The van der Waals surface area contributed by atoms with E-state index in [1.54, 1.807) is 18.2 Å². The number of rotatable bonds is 12. The number of carbonyl (C=O) groups is 2. The summed E-state index contributed by atoms with van der Waals surface area (Å²) < 4.78 is 0. The fourth-order valence-corrected chi connectivity index (χ4v) is 3.72. The van der Waals surface area contributed by atoms with Crippen molar-refractivity contribution in [3.05, 3.63) is 107 Å². The van der Waals surface area contributed by atoms with Gasteiger partial charge in [-0.1, -0.05) is 68.3 Å². The molecule has 0 aliphatic carbocycles. The summed E-state index contributed by atoms with van der Waals surface area (Å²) in [6.07, 6.45) is 6.26. The fraction of sp³-hybridized carbons (Fsp3) is 0.267. The third kappa shape index (κ3) is 8.10. The topological polar surface area (TPSA) is 70.7 Å². The summed E-state index contributed by atoms with van der Waals surface area (Å²) in [6, 6.07) is 24.7. The van der Waals surface area contributed by atoms with Gasteiger partial charge in [0.05, 0.1) is 12.6 Å². The Morgan fingerprint density at radius 2 is 1.67 bits per heavy atom. The molecule has 0 saturated heterocycles. The molecule has 0 heterocycles. The normalized spacial score (nSPS) is 11.8. The number of amides is 2. The van der Waals surface area contributed by atoms with E-state index in [0.29, 0.717) is 12.2 Å². The van der Waals surface area contributed by atoms with E-state index in [0.717, 1.165) is 41.6 Å². The van der Waals surface area contributed by atoms with Crippen LogP contribution in [0.15, 0.2) is 84.9 Å². The van der Waals surface area contributed by atoms with Gasteiger partial charge in [-0.15, -0.1) is 0 Å². The zero-order valence-corrected chi connectivity index (χ0v) is 21.2. The zero-order valence-electron chi connectivity index (χ0n) is 21.2. The summed E-state index contributed by atoms with van der Waals surface area (Å²) >= 11 is 0. The molecule has 6 nitrogen and oxygen atoms in total. The Morgan fingerprint density at radius 1 is 0.917 bits per heavy atom. The lowest BCUT2D eigenvalue weighted by molar-refractivity contribution is -0.128. The highest BCUT2D eigenvalue weighted by Crippen LogP contribution is 2.26. The van der Waals surface area contributed by atoms with Crippen molar-refractivity contribution in [2.45, 2.75) is 32.2 Å². The van der Waals surface area contributed by atoms with Crippen molar-refractivity contribution in [2.75, 3.05) is 25.6 Å². The number of anilines is 1. The Hall–Kier alpha value is -3.90. The van der Waals surface area contributed by atoms with Crippen LogP contribution in [0.4, 0.5) is 5.69 Å². The Morgan fingerprint density at radius 3 is 2.36 bits per heavy atom. The van der Waals surface area contributed by atoms with Crippen LogP contribution in [0.25, 0.3) is 6.08 Å². The molecule has 6 heteroatoms. The molecule has 188 valence electrons. The van der Waals surface area contributed by atoms with E-state index in [1.165, 1.54) is 6.08 Å². The molecule has 3 aromatic rings. The van der Waals surface area contributed by atoms with E-state index in [4.69, 9.17) is 4.84 Å². The van der Waals surface area contributed by atoms with Crippen molar-refractivity contribution in [1.29, 1.82) is 0 Å². The highest BCUT2D eigenvalue weighted by Gasteiger charge is 2.18. The first-order chi connectivity index (χ1) is 17.5. The molecule has 1 atom stereocenters. The number of nitrogens with one attached hydrogen (secondary N) is 2. The van der Waals surface area contributed by atoms with Crippen LogP contribution in [-0.4, -0.2) is 32.5 Å². The van der Waals surface area contributed by atoms with Gasteiger partial charge >= 0.3 is 0 Å². The second-order valence-corrected chi connectivity index (χ2v) is 8.78. The van der Waals surface area contributed by atoms with Crippen molar-refractivity contribution in [2.24, 2.45) is 0 Å². The van der Waals surface area contributed by atoms with Crippen LogP contribution in [0.5, 0.6) is 0 Å². The molecule has 0 radical (unpaired) electrons. The molecule has 0 aliphatic rings. The van der Waals surface area contributed by atoms with Gasteiger partial charge in [-0.2, -0.15) is 0 Å². The Kier molecular flexibility index (Phi) is 10.3. The molecular formula is C30H35N3O3. The number of carbonyl (C=O) groups excluding carboxylic acids is 2. The number of hydrogen-bond donors (Lipinski definition) is 2. The average molecular weight is 486 g/mol. The van der Waals surface area contributed by atoms with Gasteiger partial charge in [0, 0.05) is 31.4 Å². The first kappa shape index (κ1) is 26.7. The molecule has 0 saturated carbocycles. The molecular weight excluding hydrogens is 450 g/mol. The summed E-state index contributed by atoms with van der Waals surface area (Å²) in [7, 11) is 3.98. The Balaban J connectivity index is 1.79. The number of hydrogen-bond acceptors (Lipinski definition) is 4. The van der Waals surface area contributed by atoms with Crippen molar-refractivity contribution >= 4 is 23.6 Å². The molecule has 3 aromatic carbocycles. The summed E-state index contributed by atoms with van der Waals surface area (Å²) in [5, 5.41) is 3.18. The molecule has 1 unspecified atom stereocenters. The second-order valence-electron chi connectivity index (χ2n) is 8.78. The van der Waals surface area contributed by atoms with E-state index in [-0.39, 0.29) is 17.9 Å². The highest BCUT2D eigenvalue weighted by molar-refractivity contribution is 5.94. The van der Waals surface area contributed by atoms with Gasteiger partial charge in [-0.25, -0.2) is 5.48 Å². The van der Waals surface area contributed by atoms with Crippen LogP contribution in [0.1, 0.15) is 59.3 Å². The van der Waals surface area contributed by atoms with Crippen LogP contribution < -0.4 is 15.7 Å². The van der Waals surface area contributed by atoms with E-state index in [9.17, 15) is 9.59 Å². The number of nitrogens with zero attached hydrogens (tertiary/aromatic N) is 1. The molecule has 2 N–H and O–H groups in total. The number of unbranched alkanes of at least 4 members (excludes halogenated alkanes) is 2. The second kappa shape index (κ2) is 13.9. The Bertz CT molecular complexity index is 1140. The number of hydroxylamine groups is 1. The predicted octanol–water partition coefficient (Wildman–Crippen LogP) is 5.52. The minimum atomic E-state index is -0.363. The van der Waals surface area contributed by atoms with E-state index in [1.807, 2.05) is 85.7 Å². The van der Waals surface area contributed by atoms with Gasteiger partial charge in [0.25, 0.3) is 11.8 Å². The minimum absolute atomic E-state index is 0.155. The van der Waals surface area contributed by atoms with Crippen molar-refractivity contribution in [3.63, 3.8) is 0 Å². The van der Waals surface area contributed by atoms with Crippen molar-refractivity contribution < 1.29 is 14.4 Å². The van der Waals surface area contributed by atoms with Gasteiger partial charge in [-0.3, -0.25) is 14.4 Å². The van der Waals surface area contributed by atoms with E-state index in [2.05, 4.69) is 17.7 Å². The van der Waals surface area contributed by atoms with Gasteiger partial charge in [0.2, 0.25) is 0 Å². The van der Waals surface area contributed by atoms with Crippen LogP contribution in [-0.2, 0) is 9.63 Å². The third-order valence-electron chi connectivity index (χ3n) is 5.75. The Labute approximate surface area is 213 Å². The number of benzene rings is 3. The summed E-state index contributed by atoms with van der Waals surface area (Å²) in [5.74, 6) is -0.470. The third-order valence-corrected chi connectivity index (χ3v) is 5.75. The molecule has 0 aliphatic heterocycles. The molecule has 2 amide bonds. The minimum Gasteiger partial charge on any atom is -0.378 e.